The van der Waals surface area contributed by atoms with Gasteiger partial charge in [-0.3, -0.25) is 4.79 Å². The summed E-state index contributed by atoms with van der Waals surface area (Å²) in [6.07, 6.45) is -7.88. The van der Waals surface area contributed by atoms with E-state index in [1.165, 1.54) is 21.0 Å². The van der Waals surface area contributed by atoms with Crippen LogP contribution < -0.4 is 10.1 Å². The van der Waals surface area contributed by atoms with E-state index < -0.39 is 57.4 Å². The van der Waals surface area contributed by atoms with Crippen LogP contribution in [0.3, 0.4) is 0 Å². The van der Waals surface area contributed by atoms with Crippen molar-refractivity contribution < 1.29 is 36.2 Å². The van der Waals surface area contributed by atoms with Gasteiger partial charge in [-0.2, -0.15) is 13.2 Å². The van der Waals surface area contributed by atoms with Crippen LogP contribution in [0, 0.1) is 11.8 Å². The summed E-state index contributed by atoms with van der Waals surface area (Å²) in [7, 11) is -2.06. The molecule has 0 spiro atoms. The minimum absolute atomic E-state index is 0.00422. The number of sulfone groups is 1. The number of alkyl halides is 3. The van der Waals surface area contributed by atoms with E-state index in [9.17, 15) is 31.5 Å². The van der Waals surface area contributed by atoms with E-state index in [0.29, 0.717) is 11.3 Å². The van der Waals surface area contributed by atoms with Crippen molar-refractivity contribution in [2.24, 2.45) is 11.8 Å². The third-order valence-electron chi connectivity index (χ3n) is 5.55. The van der Waals surface area contributed by atoms with Gasteiger partial charge < -0.3 is 15.2 Å². The molecule has 0 bridgehead atoms. The number of aliphatic hydroxyl groups excluding tert-OH is 1. The standard InChI is InChI=1S/C20H28F3NO5S/c1-12(2)16(19(26)20(21,22)23)9-18(25)17-8-15(10-24-17)30(27,28)11-13-4-6-14(29-3)7-5-13/h4-7,12,15-17,19,24,26H,8-11H2,1-3H3/t15-,16+,17+,19+/m1/s1. The lowest BCUT2D eigenvalue weighted by molar-refractivity contribution is -0.224. The monoisotopic (exact) mass is 451 g/mol. The fourth-order valence-corrected chi connectivity index (χ4v) is 5.35. The maximum absolute atomic E-state index is 12.9. The first-order chi connectivity index (χ1) is 13.8. The Morgan fingerprint density at radius 1 is 1.27 bits per heavy atom. The summed E-state index contributed by atoms with van der Waals surface area (Å²) in [5, 5.41) is 11.6. The molecule has 0 unspecified atom stereocenters. The Balaban J connectivity index is 2.01. The Morgan fingerprint density at radius 3 is 2.37 bits per heavy atom. The Kier molecular flexibility index (Phi) is 7.92. The molecule has 10 heteroatoms. The third-order valence-corrected chi connectivity index (χ3v) is 7.66. The molecule has 0 radical (unpaired) electrons. The Bertz CT molecular complexity index is 824. The lowest BCUT2D eigenvalue weighted by Crippen LogP contribution is -2.42. The Hall–Kier alpha value is -1.65. The number of benzene rings is 1. The summed E-state index contributed by atoms with van der Waals surface area (Å²) >= 11 is 0. The van der Waals surface area contributed by atoms with E-state index >= 15 is 0 Å². The number of methoxy groups -OCH3 is 1. The molecule has 1 aromatic rings. The zero-order valence-electron chi connectivity index (χ0n) is 17.1. The Morgan fingerprint density at radius 2 is 1.87 bits per heavy atom. The van der Waals surface area contributed by atoms with Crippen molar-refractivity contribution >= 4 is 15.6 Å². The predicted molar refractivity (Wildman–Crippen MR) is 106 cm³/mol. The van der Waals surface area contributed by atoms with Crippen molar-refractivity contribution in [3.05, 3.63) is 29.8 Å². The normalized spacial score (nSPS) is 22.1. The summed E-state index contributed by atoms with van der Waals surface area (Å²) in [6, 6.07) is 5.76. The first-order valence-corrected chi connectivity index (χ1v) is 11.4. The molecule has 4 atom stereocenters. The number of Topliss-reactive ketones (excluding diaryl/α,β-unsaturated/α-hetero) is 1. The Labute approximate surface area is 174 Å². The number of rotatable bonds is 9. The summed E-state index contributed by atoms with van der Waals surface area (Å²) in [4.78, 5) is 12.5. The number of aliphatic hydroxyl groups is 1. The molecular weight excluding hydrogens is 423 g/mol. The van der Waals surface area contributed by atoms with Gasteiger partial charge in [-0.05, 0) is 30.0 Å². The molecule has 6 nitrogen and oxygen atoms in total. The number of nitrogens with one attached hydrogen (secondary N) is 1. The van der Waals surface area contributed by atoms with Gasteiger partial charge in [0.25, 0.3) is 0 Å². The third kappa shape index (κ3) is 6.18. The molecule has 1 aliphatic rings. The minimum atomic E-state index is -4.82. The highest BCUT2D eigenvalue weighted by atomic mass is 32.2. The van der Waals surface area contributed by atoms with Crippen molar-refractivity contribution in [1.29, 1.82) is 0 Å². The van der Waals surface area contributed by atoms with Gasteiger partial charge in [0.2, 0.25) is 0 Å². The van der Waals surface area contributed by atoms with Crippen LogP contribution in [-0.4, -0.2) is 56.5 Å². The van der Waals surface area contributed by atoms with E-state index in [1.54, 1.807) is 24.3 Å². The lowest BCUT2D eigenvalue weighted by Gasteiger charge is -2.28. The van der Waals surface area contributed by atoms with Crippen LogP contribution in [0.25, 0.3) is 0 Å². The van der Waals surface area contributed by atoms with E-state index in [-0.39, 0.29) is 18.7 Å². The molecule has 0 amide bonds. The molecule has 0 aromatic heterocycles. The molecule has 0 saturated carbocycles. The second-order valence-electron chi connectivity index (χ2n) is 8.04. The summed E-state index contributed by atoms with van der Waals surface area (Å²) < 4.78 is 69.2. The molecule has 170 valence electrons. The first kappa shape index (κ1) is 24.6. The van der Waals surface area contributed by atoms with E-state index in [0.717, 1.165) is 0 Å². The minimum Gasteiger partial charge on any atom is -0.497 e. The van der Waals surface area contributed by atoms with Gasteiger partial charge in [0.1, 0.15) is 11.5 Å². The SMILES string of the molecule is COc1ccc(CS(=O)(=O)[C@H]2CN[C@H](C(=O)C[C@@H](C(C)C)[C@H](O)C(F)(F)F)C2)cc1. The van der Waals surface area contributed by atoms with Crippen molar-refractivity contribution in [1.82, 2.24) is 5.32 Å². The van der Waals surface area contributed by atoms with Gasteiger partial charge in [-0.15, -0.1) is 0 Å². The smallest absolute Gasteiger partial charge is 0.414 e. The average Bonchev–Trinajstić information content (AvgIpc) is 3.16. The fraction of sp³-hybridized carbons (Fsp3) is 0.650. The predicted octanol–water partition coefficient (Wildman–Crippen LogP) is 2.50. The number of halogens is 3. The van der Waals surface area contributed by atoms with Gasteiger partial charge in [0.05, 0.1) is 24.2 Å². The molecule has 1 heterocycles. The molecule has 2 N–H and O–H groups in total. The highest BCUT2D eigenvalue weighted by Gasteiger charge is 2.46. The van der Waals surface area contributed by atoms with Gasteiger partial charge in [0, 0.05) is 18.9 Å². The van der Waals surface area contributed by atoms with Gasteiger partial charge in [-0.25, -0.2) is 8.42 Å². The summed E-state index contributed by atoms with van der Waals surface area (Å²) in [6.45, 7) is 3.08. The van der Waals surface area contributed by atoms with E-state index in [2.05, 4.69) is 5.32 Å². The van der Waals surface area contributed by atoms with Crippen LogP contribution in [-0.2, 0) is 20.4 Å². The van der Waals surface area contributed by atoms with Crippen molar-refractivity contribution in [3.63, 3.8) is 0 Å². The second kappa shape index (κ2) is 9.65. The lowest BCUT2D eigenvalue weighted by atomic mass is 9.84. The largest absolute Gasteiger partial charge is 0.497 e. The van der Waals surface area contributed by atoms with E-state index in [4.69, 9.17) is 4.74 Å². The zero-order chi connectivity index (χ0) is 22.7. The second-order valence-corrected chi connectivity index (χ2v) is 10.3. The zero-order valence-corrected chi connectivity index (χ0v) is 18.0. The van der Waals surface area contributed by atoms with Crippen LogP contribution in [0.15, 0.2) is 24.3 Å². The van der Waals surface area contributed by atoms with Gasteiger partial charge in [-0.1, -0.05) is 26.0 Å². The van der Waals surface area contributed by atoms with Crippen molar-refractivity contribution in [2.75, 3.05) is 13.7 Å². The van der Waals surface area contributed by atoms with Crippen LogP contribution in [0.2, 0.25) is 0 Å². The van der Waals surface area contributed by atoms with E-state index in [1.807, 2.05) is 0 Å². The molecule has 30 heavy (non-hydrogen) atoms. The topological polar surface area (TPSA) is 92.7 Å². The molecule has 0 aliphatic carbocycles. The first-order valence-electron chi connectivity index (χ1n) is 9.70. The quantitative estimate of drug-likeness (QED) is 0.599. The number of hydrogen-bond acceptors (Lipinski definition) is 6. The van der Waals surface area contributed by atoms with Crippen LogP contribution in [0.1, 0.15) is 32.3 Å². The molecular formula is C20H28F3NO5S. The van der Waals surface area contributed by atoms with Crippen LogP contribution in [0.4, 0.5) is 13.2 Å². The molecule has 1 saturated heterocycles. The highest BCUT2D eigenvalue weighted by molar-refractivity contribution is 7.91. The molecule has 1 aliphatic heterocycles. The molecule has 1 aromatic carbocycles. The molecule has 1 fully saturated rings. The summed E-state index contributed by atoms with van der Waals surface area (Å²) in [5.74, 6) is -1.97. The maximum Gasteiger partial charge on any atom is 0.414 e. The van der Waals surface area contributed by atoms with Crippen molar-refractivity contribution in [2.45, 2.75) is 56.0 Å². The van der Waals surface area contributed by atoms with Crippen LogP contribution >= 0.6 is 0 Å². The number of ether oxygens (including phenoxy) is 1. The van der Waals surface area contributed by atoms with Gasteiger partial charge >= 0.3 is 6.18 Å². The van der Waals surface area contributed by atoms with Gasteiger partial charge in [0.15, 0.2) is 15.9 Å². The number of ketones is 1. The fourth-order valence-electron chi connectivity index (χ4n) is 3.62. The van der Waals surface area contributed by atoms with Crippen molar-refractivity contribution in [3.8, 4) is 5.75 Å². The number of hydrogen-bond donors (Lipinski definition) is 2. The number of carbonyl (C=O) groups excluding carboxylic acids is 1. The summed E-state index contributed by atoms with van der Waals surface area (Å²) in [5.41, 5.74) is 0.582. The molecule has 2 rings (SSSR count). The maximum atomic E-state index is 12.9. The average molecular weight is 452 g/mol. The number of carbonyl (C=O) groups is 1. The van der Waals surface area contributed by atoms with Crippen LogP contribution in [0.5, 0.6) is 5.75 Å². The highest BCUT2D eigenvalue weighted by Crippen LogP contribution is 2.33.